The summed E-state index contributed by atoms with van der Waals surface area (Å²) in [5.41, 5.74) is 1.25. The molecule has 0 aromatic heterocycles. The van der Waals surface area contributed by atoms with E-state index in [-0.39, 0.29) is 10.7 Å². The minimum atomic E-state index is -0.292. The zero-order chi connectivity index (χ0) is 12.7. The number of allylic oxidation sites excluding steroid dienone is 5. The van der Waals surface area contributed by atoms with Gasteiger partial charge in [-0.2, -0.15) is 5.26 Å². The molecule has 4 heteroatoms. The molecular weight excluding hydrogens is 224 g/mol. The maximum atomic E-state index is 8.80. The summed E-state index contributed by atoms with van der Waals surface area (Å²) >= 11 is 5.47. The maximum absolute atomic E-state index is 8.80. The highest BCUT2D eigenvalue weighted by Gasteiger charge is 2.07. The first-order valence-electron chi connectivity index (χ1n) is 4.39. The highest BCUT2D eigenvalue weighted by atomic mass is 35.5. The summed E-state index contributed by atoms with van der Waals surface area (Å²) in [7, 11) is 1.51. The van der Waals surface area contributed by atoms with Crippen molar-refractivity contribution in [1.29, 1.82) is 10.7 Å². The number of ether oxygens (including phenoxy) is 1. The number of rotatable bonds is 5. The number of nitrogens with zero attached hydrogens (tertiary/aromatic N) is 1. The largest absolute Gasteiger partial charge is 0.497 e. The van der Waals surface area contributed by atoms with E-state index in [0.29, 0.717) is 16.9 Å². The van der Waals surface area contributed by atoms with Gasteiger partial charge < -0.3 is 4.74 Å². The van der Waals surface area contributed by atoms with Crippen LogP contribution in [0.4, 0.5) is 0 Å². The molecule has 16 heavy (non-hydrogen) atoms. The van der Waals surface area contributed by atoms with Gasteiger partial charge in [-0.25, -0.2) is 0 Å². The van der Waals surface area contributed by atoms with Gasteiger partial charge in [0.05, 0.1) is 12.7 Å². The van der Waals surface area contributed by atoms with Crippen molar-refractivity contribution in [3.8, 4) is 6.07 Å². The summed E-state index contributed by atoms with van der Waals surface area (Å²) in [5, 5.41) is 15.7. The minimum absolute atomic E-state index is 0.111. The van der Waals surface area contributed by atoms with Gasteiger partial charge in [-0.15, -0.1) is 0 Å². The summed E-state index contributed by atoms with van der Waals surface area (Å²) in [4.78, 5) is 0. The van der Waals surface area contributed by atoms with Crippen molar-refractivity contribution in [1.82, 2.24) is 0 Å². The van der Waals surface area contributed by atoms with Gasteiger partial charge in [-0.3, -0.25) is 5.41 Å². The number of methoxy groups -OCH3 is 1. The van der Waals surface area contributed by atoms with Gasteiger partial charge in [0.1, 0.15) is 17.0 Å². The van der Waals surface area contributed by atoms with Gasteiger partial charge in [0.25, 0.3) is 0 Å². The summed E-state index contributed by atoms with van der Waals surface area (Å²) in [6, 6.07) is 1.86. The van der Waals surface area contributed by atoms with E-state index in [0.717, 1.165) is 0 Å². The Hall–Kier alpha value is -1.79. The quantitative estimate of drug-likeness (QED) is 0.345. The minimum Gasteiger partial charge on any atom is -0.497 e. The van der Waals surface area contributed by atoms with E-state index in [9.17, 15) is 0 Å². The highest BCUT2D eigenvalue weighted by Crippen LogP contribution is 2.16. The molecule has 0 fully saturated rings. The Morgan fingerprint density at radius 1 is 1.44 bits per heavy atom. The Kier molecular flexibility index (Phi) is 5.91. The molecule has 0 heterocycles. The first-order chi connectivity index (χ1) is 7.43. The first-order valence-corrected chi connectivity index (χ1v) is 4.77. The number of halogens is 1. The number of hydrogen-bond donors (Lipinski definition) is 1. The predicted octanol–water partition coefficient (Wildman–Crippen LogP) is 3.32. The fourth-order valence-electron chi connectivity index (χ4n) is 0.845. The predicted molar refractivity (Wildman–Crippen MR) is 66.3 cm³/mol. The van der Waals surface area contributed by atoms with E-state index in [1.807, 2.05) is 6.07 Å². The van der Waals surface area contributed by atoms with Crippen molar-refractivity contribution in [3.63, 3.8) is 0 Å². The van der Waals surface area contributed by atoms with Crippen molar-refractivity contribution in [3.05, 3.63) is 47.8 Å². The maximum Gasteiger partial charge on any atom is 0.139 e. The Balaban J connectivity index is 5.02. The van der Waals surface area contributed by atoms with Crippen LogP contribution >= 0.6 is 11.6 Å². The van der Waals surface area contributed by atoms with Crippen LogP contribution in [0.15, 0.2) is 47.8 Å². The molecule has 0 aliphatic rings. The van der Waals surface area contributed by atoms with Gasteiger partial charge in [-0.05, 0) is 24.1 Å². The molecule has 3 nitrogen and oxygen atoms in total. The third-order valence-electron chi connectivity index (χ3n) is 1.92. The van der Waals surface area contributed by atoms with Crippen LogP contribution in [0.2, 0.25) is 0 Å². The van der Waals surface area contributed by atoms with Crippen molar-refractivity contribution < 1.29 is 4.74 Å². The average Bonchev–Trinajstić information content (AvgIpc) is 2.25. The van der Waals surface area contributed by atoms with Gasteiger partial charge in [0, 0.05) is 0 Å². The topological polar surface area (TPSA) is 56.9 Å². The number of nitrogens with one attached hydrogen (secondary N) is 1. The molecule has 0 bridgehead atoms. The van der Waals surface area contributed by atoms with E-state index in [4.69, 9.17) is 27.0 Å². The smallest absolute Gasteiger partial charge is 0.139 e. The third kappa shape index (κ3) is 4.16. The average molecular weight is 237 g/mol. The molecular formula is C12H13ClN2O. The SMILES string of the molecule is C=C(/C=C\C(=C)/C(C)=C(\C#N)C(=N)Cl)OC. The van der Waals surface area contributed by atoms with E-state index in [1.165, 1.54) is 7.11 Å². The molecule has 0 atom stereocenters. The fraction of sp³-hybridized carbons (Fsp3) is 0.167. The molecule has 0 rings (SSSR count). The molecule has 0 unspecified atom stereocenters. The van der Waals surface area contributed by atoms with Crippen LogP contribution in [-0.4, -0.2) is 12.3 Å². The zero-order valence-corrected chi connectivity index (χ0v) is 10.1. The van der Waals surface area contributed by atoms with Gasteiger partial charge in [-0.1, -0.05) is 30.8 Å². The molecule has 84 valence electrons. The lowest BCUT2D eigenvalue weighted by Crippen LogP contribution is -1.95. The summed E-state index contributed by atoms with van der Waals surface area (Å²) in [5.74, 6) is 0.480. The van der Waals surface area contributed by atoms with Crippen LogP contribution in [-0.2, 0) is 4.74 Å². The van der Waals surface area contributed by atoms with Crippen LogP contribution in [0.25, 0.3) is 0 Å². The van der Waals surface area contributed by atoms with Crippen LogP contribution < -0.4 is 0 Å². The molecule has 0 aromatic rings. The lowest BCUT2D eigenvalue weighted by Gasteiger charge is -2.03. The molecule has 0 radical (unpaired) electrons. The van der Waals surface area contributed by atoms with E-state index >= 15 is 0 Å². The first kappa shape index (κ1) is 14.2. The third-order valence-corrected chi connectivity index (χ3v) is 2.11. The second-order valence-corrected chi connectivity index (χ2v) is 3.33. The molecule has 0 saturated carbocycles. The fourth-order valence-corrected chi connectivity index (χ4v) is 1.03. The van der Waals surface area contributed by atoms with Crippen LogP contribution in [0, 0.1) is 16.7 Å². The second kappa shape index (κ2) is 6.65. The summed E-state index contributed by atoms with van der Waals surface area (Å²) in [6.45, 7) is 9.05. The van der Waals surface area contributed by atoms with Crippen LogP contribution in [0.5, 0.6) is 0 Å². The van der Waals surface area contributed by atoms with Crippen molar-refractivity contribution >= 4 is 16.8 Å². The number of nitriles is 1. The van der Waals surface area contributed by atoms with E-state index in [1.54, 1.807) is 19.1 Å². The van der Waals surface area contributed by atoms with E-state index < -0.39 is 0 Å². The monoisotopic (exact) mass is 236 g/mol. The van der Waals surface area contributed by atoms with Crippen molar-refractivity contribution in [2.24, 2.45) is 0 Å². The Bertz CT molecular complexity index is 425. The van der Waals surface area contributed by atoms with Gasteiger partial charge >= 0.3 is 0 Å². The van der Waals surface area contributed by atoms with Crippen LogP contribution in [0.3, 0.4) is 0 Å². The van der Waals surface area contributed by atoms with Gasteiger partial charge in [0.15, 0.2) is 0 Å². The van der Waals surface area contributed by atoms with Gasteiger partial charge in [0.2, 0.25) is 0 Å². The molecule has 0 aliphatic heterocycles. The molecule has 0 aromatic carbocycles. The molecule has 0 saturated heterocycles. The molecule has 0 spiro atoms. The lowest BCUT2D eigenvalue weighted by molar-refractivity contribution is 0.309. The highest BCUT2D eigenvalue weighted by molar-refractivity contribution is 6.69. The Morgan fingerprint density at radius 3 is 2.38 bits per heavy atom. The van der Waals surface area contributed by atoms with Crippen molar-refractivity contribution in [2.45, 2.75) is 6.92 Å². The van der Waals surface area contributed by atoms with E-state index in [2.05, 4.69) is 13.2 Å². The van der Waals surface area contributed by atoms with Crippen molar-refractivity contribution in [2.75, 3.05) is 7.11 Å². The Labute approximate surface area is 100 Å². The second-order valence-electron chi connectivity index (χ2n) is 2.95. The molecule has 0 aliphatic carbocycles. The summed E-state index contributed by atoms with van der Waals surface area (Å²) in [6.07, 6.45) is 3.27. The Morgan fingerprint density at radius 2 is 2.00 bits per heavy atom. The zero-order valence-electron chi connectivity index (χ0n) is 9.30. The normalized spacial score (nSPS) is 11.6. The summed E-state index contributed by atoms with van der Waals surface area (Å²) < 4.78 is 4.84. The standard InChI is InChI=1S/C12H13ClN2O/c1-8(5-6-9(2)16-4)10(3)11(7-14)12(13)15/h5-6,15H,1-2H2,3-4H3/b6-5-,11-10+,15-12?. The number of hydrogen-bond acceptors (Lipinski definition) is 3. The molecule has 0 amide bonds. The lowest BCUT2D eigenvalue weighted by atomic mass is 10.0. The van der Waals surface area contributed by atoms with Crippen LogP contribution in [0.1, 0.15) is 6.92 Å². The molecule has 1 N–H and O–H groups in total.